The minimum absolute atomic E-state index is 0.192. The van der Waals surface area contributed by atoms with Gasteiger partial charge in [-0.3, -0.25) is 5.84 Å². The topological polar surface area (TPSA) is 38.0 Å². The molecule has 2 rings (SSSR count). The molecule has 2 nitrogen and oxygen atoms in total. The van der Waals surface area contributed by atoms with E-state index < -0.39 is 11.7 Å². The first kappa shape index (κ1) is 14.1. The highest BCUT2D eigenvalue weighted by atomic mass is 19.4. The summed E-state index contributed by atoms with van der Waals surface area (Å²) >= 11 is 0. The predicted molar refractivity (Wildman–Crippen MR) is 68.1 cm³/mol. The van der Waals surface area contributed by atoms with Crippen LogP contribution in [0.5, 0.6) is 0 Å². The molecule has 1 aliphatic rings. The molecule has 1 aromatic rings. The highest BCUT2D eigenvalue weighted by Crippen LogP contribution is 2.32. The van der Waals surface area contributed by atoms with Gasteiger partial charge in [-0.15, -0.1) is 0 Å². The summed E-state index contributed by atoms with van der Waals surface area (Å²) in [5.41, 5.74) is 3.99. The van der Waals surface area contributed by atoms with E-state index in [9.17, 15) is 13.2 Å². The van der Waals surface area contributed by atoms with E-state index in [-0.39, 0.29) is 6.04 Å². The number of benzene rings is 1. The van der Waals surface area contributed by atoms with Crippen molar-refractivity contribution in [2.75, 3.05) is 0 Å². The van der Waals surface area contributed by atoms with Crippen molar-refractivity contribution < 1.29 is 13.2 Å². The molecule has 0 saturated heterocycles. The first-order valence-electron chi connectivity index (χ1n) is 6.34. The molecule has 0 amide bonds. The van der Waals surface area contributed by atoms with Gasteiger partial charge in [0.2, 0.25) is 0 Å². The first-order chi connectivity index (χ1) is 9.02. The third kappa shape index (κ3) is 3.36. The van der Waals surface area contributed by atoms with Gasteiger partial charge < -0.3 is 0 Å². The van der Waals surface area contributed by atoms with Gasteiger partial charge in [-0.2, -0.15) is 13.2 Å². The molecule has 0 fully saturated rings. The van der Waals surface area contributed by atoms with Crippen LogP contribution in [0.1, 0.15) is 42.9 Å². The van der Waals surface area contributed by atoms with Gasteiger partial charge in [-0.25, -0.2) is 5.43 Å². The fourth-order valence-electron chi connectivity index (χ4n) is 2.41. The van der Waals surface area contributed by atoms with E-state index in [1.165, 1.54) is 12.1 Å². The number of rotatable bonds is 3. The van der Waals surface area contributed by atoms with Crippen molar-refractivity contribution in [1.29, 1.82) is 0 Å². The maximum Gasteiger partial charge on any atom is 0.416 e. The number of alkyl halides is 3. The average Bonchev–Trinajstić information content (AvgIpc) is 2.40. The molecule has 0 aromatic heterocycles. The normalized spacial score (nSPS) is 18.0. The number of nitrogens with two attached hydrogens (primary N) is 1. The minimum atomic E-state index is -4.30. The third-order valence-corrected chi connectivity index (χ3v) is 3.43. The van der Waals surface area contributed by atoms with Crippen molar-refractivity contribution in [2.45, 2.75) is 37.9 Å². The van der Waals surface area contributed by atoms with Crippen molar-refractivity contribution in [1.82, 2.24) is 5.43 Å². The lowest BCUT2D eigenvalue weighted by atomic mass is 9.90. The van der Waals surface area contributed by atoms with Crippen LogP contribution in [0.4, 0.5) is 13.2 Å². The molecule has 19 heavy (non-hydrogen) atoms. The Morgan fingerprint density at radius 2 is 1.79 bits per heavy atom. The number of halogens is 3. The van der Waals surface area contributed by atoms with Gasteiger partial charge in [0, 0.05) is 0 Å². The molecule has 0 aliphatic heterocycles. The summed E-state index contributed by atoms with van der Waals surface area (Å²) in [6.07, 6.45) is 2.04. The van der Waals surface area contributed by atoms with Crippen molar-refractivity contribution in [3.05, 3.63) is 47.0 Å². The molecule has 0 bridgehead atoms. The van der Waals surface area contributed by atoms with Crippen LogP contribution >= 0.6 is 0 Å². The van der Waals surface area contributed by atoms with Gasteiger partial charge >= 0.3 is 6.18 Å². The maximum atomic E-state index is 12.5. The monoisotopic (exact) mass is 270 g/mol. The van der Waals surface area contributed by atoms with Crippen LogP contribution in [0.25, 0.3) is 0 Å². The lowest BCUT2D eigenvalue weighted by Crippen LogP contribution is -2.30. The van der Waals surface area contributed by atoms with Crippen molar-refractivity contribution in [3.8, 4) is 0 Å². The summed E-state index contributed by atoms with van der Waals surface area (Å²) in [7, 11) is 0. The Morgan fingerprint density at radius 3 is 2.26 bits per heavy atom. The average molecular weight is 270 g/mol. The highest BCUT2D eigenvalue weighted by Gasteiger charge is 2.30. The molecule has 3 N–H and O–H groups in total. The largest absolute Gasteiger partial charge is 0.416 e. The van der Waals surface area contributed by atoms with Crippen LogP contribution in [0, 0.1) is 0 Å². The van der Waals surface area contributed by atoms with E-state index in [4.69, 9.17) is 5.84 Å². The Labute approximate surface area is 110 Å². The fourth-order valence-corrected chi connectivity index (χ4v) is 2.41. The third-order valence-electron chi connectivity index (χ3n) is 3.43. The molecule has 1 unspecified atom stereocenters. The molecule has 0 heterocycles. The minimum Gasteiger partial charge on any atom is -0.271 e. The number of allylic oxidation sites excluding steroid dienone is 1. The second kappa shape index (κ2) is 5.75. The highest BCUT2D eigenvalue weighted by molar-refractivity contribution is 5.32. The molecule has 1 aromatic carbocycles. The van der Waals surface area contributed by atoms with E-state index in [0.717, 1.165) is 49.0 Å². The van der Waals surface area contributed by atoms with Gasteiger partial charge in [-0.1, -0.05) is 23.8 Å². The smallest absolute Gasteiger partial charge is 0.271 e. The Bertz CT molecular complexity index is 449. The van der Waals surface area contributed by atoms with Gasteiger partial charge in [0.25, 0.3) is 0 Å². The van der Waals surface area contributed by atoms with E-state index >= 15 is 0 Å². The SMILES string of the molecule is NNC(C1=CCCCC1)c1ccc(C(F)(F)F)cc1. The summed E-state index contributed by atoms with van der Waals surface area (Å²) in [4.78, 5) is 0. The quantitative estimate of drug-likeness (QED) is 0.499. The van der Waals surface area contributed by atoms with Crippen molar-refractivity contribution in [3.63, 3.8) is 0 Å². The molecule has 1 aliphatic carbocycles. The molecule has 104 valence electrons. The molecular formula is C14H17F3N2. The zero-order chi connectivity index (χ0) is 13.9. The van der Waals surface area contributed by atoms with Crippen LogP contribution in [0.15, 0.2) is 35.9 Å². The van der Waals surface area contributed by atoms with E-state index in [0.29, 0.717) is 0 Å². The second-order valence-electron chi connectivity index (χ2n) is 4.74. The summed E-state index contributed by atoms with van der Waals surface area (Å²) in [5.74, 6) is 5.55. The Balaban J connectivity index is 2.22. The van der Waals surface area contributed by atoms with E-state index in [2.05, 4.69) is 11.5 Å². The van der Waals surface area contributed by atoms with Crippen molar-refractivity contribution in [2.24, 2.45) is 5.84 Å². The zero-order valence-electron chi connectivity index (χ0n) is 10.5. The van der Waals surface area contributed by atoms with Gasteiger partial charge in [0.05, 0.1) is 11.6 Å². The van der Waals surface area contributed by atoms with Crippen LogP contribution in [-0.4, -0.2) is 0 Å². The lowest BCUT2D eigenvalue weighted by Gasteiger charge is -2.23. The van der Waals surface area contributed by atoms with Gasteiger partial charge in [-0.05, 0) is 43.4 Å². The molecule has 1 atom stereocenters. The van der Waals surface area contributed by atoms with Crippen LogP contribution in [0.2, 0.25) is 0 Å². The molecular weight excluding hydrogens is 253 g/mol. The van der Waals surface area contributed by atoms with Gasteiger partial charge in [0.15, 0.2) is 0 Å². The summed E-state index contributed by atoms with van der Waals surface area (Å²) < 4.78 is 37.5. The lowest BCUT2D eigenvalue weighted by molar-refractivity contribution is -0.137. The Kier molecular flexibility index (Phi) is 4.27. The summed E-state index contributed by atoms with van der Waals surface area (Å²) in [6.45, 7) is 0. The summed E-state index contributed by atoms with van der Waals surface area (Å²) in [5, 5.41) is 0. The van der Waals surface area contributed by atoms with E-state index in [1.807, 2.05) is 0 Å². The Morgan fingerprint density at radius 1 is 1.11 bits per heavy atom. The zero-order valence-corrected chi connectivity index (χ0v) is 10.5. The molecule has 0 radical (unpaired) electrons. The fraction of sp³-hybridized carbons (Fsp3) is 0.429. The maximum absolute atomic E-state index is 12.5. The standard InChI is InChI=1S/C14H17F3N2/c15-14(16,17)12-8-6-11(7-9-12)13(19-18)10-4-2-1-3-5-10/h4,6-9,13,19H,1-3,5,18H2. The molecule has 5 heteroatoms. The van der Waals surface area contributed by atoms with Crippen molar-refractivity contribution >= 4 is 0 Å². The van der Waals surface area contributed by atoms with Crippen LogP contribution < -0.4 is 11.3 Å². The molecule has 0 saturated carbocycles. The second-order valence-corrected chi connectivity index (χ2v) is 4.74. The summed E-state index contributed by atoms with van der Waals surface area (Å²) in [6, 6.07) is 4.99. The number of nitrogens with one attached hydrogen (secondary N) is 1. The van der Waals surface area contributed by atoms with Crippen LogP contribution in [-0.2, 0) is 6.18 Å². The van der Waals surface area contributed by atoms with Gasteiger partial charge in [0.1, 0.15) is 0 Å². The number of hydrogen-bond donors (Lipinski definition) is 2. The Hall–Kier alpha value is -1.33. The number of hydrazine groups is 1. The van der Waals surface area contributed by atoms with E-state index in [1.54, 1.807) is 0 Å². The number of hydrogen-bond acceptors (Lipinski definition) is 2. The molecule has 0 spiro atoms. The van der Waals surface area contributed by atoms with Crippen LogP contribution in [0.3, 0.4) is 0 Å². The first-order valence-corrected chi connectivity index (χ1v) is 6.34. The predicted octanol–water partition coefficient (Wildman–Crippen LogP) is 3.71.